The molecule has 0 fully saturated rings. The van der Waals surface area contributed by atoms with Crippen LogP contribution < -0.4 is 19.7 Å². The maximum Gasteiger partial charge on any atom is 0.273 e. The van der Waals surface area contributed by atoms with Crippen molar-refractivity contribution in [2.75, 3.05) is 39.3 Å². The largest absolute Gasteiger partial charge is 0.494 e. The van der Waals surface area contributed by atoms with Crippen LogP contribution in [0.2, 0.25) is 0 Å². The third-order valence-corrected chi connectivity index (χ3v) is 6.28. The Morgan fingerprint density at radius 1 is 1.21 bits per heavy atom. The quantitative estimate of drug-likeness (QED) is 0.449. The van der Waals surface area contributed by atoms with Crippen LogP contribution in [0.5, 0.6) is 11.5 Å². The lowest BCUT2D eigenvalue weighted by Crippen LogP contribution is -2.31. The molecule has 2 aromatic rings. The third kappa shape index (κ3) is 5.98. The Bertz CT molecular complexity index is 1270. The van der Waals surface area contributed by atoms with Gasteiger partial charge in [0.2, 0.25) is 5.91 Å². The Balaban J connectivity index is 0.00000507. The van der Waals surface area contributed by atoms with Crippen molar-refractivity contribution < 1.29 is 23.9 Å². The first-order valence-electron chi connectivity index (χ1n) is 12.1. The minimum Gasteiger partial charge on any atom is -0.494 e. The number of aromatic nitrogens is 1. The molecule has 206 valence electrons. The smallest absolute Gasteiger partial charge is 0.273 e. The molecule has 0 radical (unpaired) electrons. The number of rotatable bonds is 8. The Kier molecular flexibility index (Phi) is 9.66. The van der Waals surface area contributed by atoms with Crippen molar-refractivity contribution in [3.8, 4) is 11.5 Å². The Labute approximate surface area is 234 Å². The molecule has 2 amide bonds. The summed E-state index contributed by atoms with van der Waals surface area (Å²) >= 11 is 0. The van der Waals surface area contributed by atoms with Gasteiger partial charge >= 0.3 is 0 Å². The first-order valence-corrected chi connectivity index (χ1v) is 12.1. The van der Waals surface area contributed by atoms with Gasteiger partial charge in [-0.1, -0.05) is 20.8 Å². The summed E-state index contributed by atoms with van der Waals surface area (Å²) in [6.45, 7) is 9.85. The molecule has 2 heterocycles. The highest BCUT2D eigenvalue weighted by Gasteiger charge is 2.32. The zero-order chi connectivity index (χ0) is 27.7. The highest BCUT2D eigenvalue weighted by Crippen LogP contribution is 2.40. The summed E-state index contributed by atoms with van der Waals surface area (Å²) in [6.07, 6.45) is 0. The van der Waals surface area contributed by atoms with Gasteiger partial charge in [-0.2, -0.15) is 0 Å². The summed E-state index contributed by atoms with van der Waals surface area (Å²) in [5.41, 5.74) is 2.49. The number of ketones is 1. The lowest BCUT2D eigenvalue weighted by molar-refractivity contribution is -0.116. The summed E-state index contributed by atoms with van der Waals surface area (Å²) in [6, 6.07) is 5.15. The van der Waals surface area contributed by atoms with E-state index in [2.05, 4.69) is 10.3 Å². The monoisotopic (exact) mass is 589 g/mol. The van der Waals surface area contributed by atoms with E-state index in [4.69, 9.17) is 14.9 Å². The number of amides is 2. The topological polar surface area (TPSA) is 125 Å². The maximum atomic E-state index is 13.5. The van der Waals surface area contributed by atoms with E-state index < -0.39 is 5.91 Å². The number of hydrogen-bond acceptors (Lipinski definition) is 7. The van der Waals surface area contributed by atoms with Gasteiger partial charge in [-0.05, 0) is 30.5 Å². The van der Waals surface area contributed by atoms with Gasteiger partial charge in [0.1, 0.15) is 17.3 Å². The highest BCUT2D eigenvalue weighted by molar-refractivity contribution is 8.93. The minimum absolute atomic E-state index is 0. The zero-order valence-electron chi connectivity index (χ0n) is 23.1. The molecule has 0 saturated carbocycles. The SMILES string of the molecule is Br.CCOc1cc2c(nc1C(=O)NC)C(=N)N(CC(=O)c1cc(N(C)C(C)=O)c(OC)c(C(C)(C)C)c1)C2. The molecule has 1 aromatic carbocycles. The number of benzene rings is 1. The lowest BCUT2D eigenvalue weighted by atomic mass is 9.84. The van der Waals surface area contributed by atoms with Crippen LogP contribution in [0.3, 0.4) is 0 Å². The molecular formula is C27H36BrN5O5. The fourth-order valence-corrected chi connectivity index (χ4v) is 4.20. The van der Waals surface area contributed by atoms with Crippen LogP contribution >= 0.6 is 17.0 Å². The molecule has 1 aliphatic rings. The van der Waals surface area contributed by atoms with Crippen LogP contribution in [0.1, 0.15) is 72.3 Å². The van der Waals surface area contributed by atoms with Crippen LogP contribution in [-0.4, -0.2) is 67.7 Å². The van der Waals surface area contributed by atoms with Crippen molar-refractivity contribution in [2.24, 2.45) is 0 Å². The molecule has 0 atom stereocenters. The number of amidine groups is 1. The van der Waals surface area contributed by atoms with Crippen LogP contribution in [0.25, 0.3) is 0 Å². The van der Waals surface area contributed by atoms with Crippen molar-refractivity contribution in [2.45, 2.75) is 46.6 Å². The van der Waals surface area contributed by atoms with E-state index in [0.29, 0.717) is 40.6 Å². The van der Waals surface area contributed by atoms with Gasteiger partial charge in [-0.3, -0.25) is 19.8 Å². The maximum absolute atomic E-state index is 13.5. The number of nitrogens with zero attached hydrogens (tertiary/aromatic N) is 3. The van der Waals surface area contributed by atoms with E-state index in [-0.39, 0.29) is 58.7 Å². The van der Waals surface area contributed by atoms with Crippen LogP contribution in [0.4, 0.5) is 5.69 Å². The molecular weight excluding hydrogens is 554 g/mol. The summed E-state index contributed by atoms with van der Waals surface area (Å²) in [4.78, 5) is 45.5. The summed E-state index contributed by atoms with van der Waals surface area (Å²) in [5, 5.41) is 11.2. The molecule has 10 nitrogen and oxygen atoms in total. The molecule has 1 aliphatic heterocycles. The van der Waals surface area contributed by atoms with Gasteiger partial charge in [0.15, 0.2) is 17.2 Å². The Morgan fingerprint density at radius 3 is 2.39 bits per heavy atom. The van der Waals surface area contributed by atoms with E-state index in [9.17, 15) is 14.4 Å². The molecule has 0 bridgehead atoms. The molecule has 0 aliphatic carbocycles. The van der Waals surface area contributed by atoms with Gasteiger partial charge in [0.25, 0.3) is 5.91 Å². The Morgan fingerprint density at radius 2 is 1.87 bits per heavy atom. The summed E-state index contributed by atoms with van der Waals surface area (Å²) in [5.74, 6) is 0.106. The van der Waals surface area contributed by atoms with E-state index in [1.165, 1.54) is 18.9 Å². The van der Waals surface area contributed by atoms with E-state index in [1.54, 1.807) is 37.3 Å². The summed E-state index contributed by atoms with van der Waals surface area (Å²) in [7, 11) is 4.68. The molecule has 3 rings (SSSR count). The number of anilines is 1. The number of ether oxygens (including phenoxy) is 2. The van der Waals surface area contributed by atoms with Crippen LogP contribution in [-0.2, 0) is 16.8 Å². The molecule has 2 N–H and O–H groups in total. The number of nitrogens with one attached hydrogen (secondary N) is 2. The number of halogens is 1. The predicted octanol–water partition coefficient (Wildman–Crippen LogP) is 3.73. The number of methoxy groups -OCH3 is 1. The predicted molar refractivity (Wildman–Crippen MR) is 151 cm³/mol. The first-order chi connectivity index (χ1) is 17.3. The van der Waals surface area contributed by atoms with Crippen molar-refractivity contribution >= 4 is 46.1 Å². The fourth-order valence-electron chi connectivity index (χ4n) is 4.20. The normalized spacial score (nSPS) is 12.4. The van der Waals surface area contributed by atoms with Gasteiger partial charge < -0.3 is 24.6 Å². The summed E-state index contributed by atoms with van der Waals surface area (Å²) < 4.78 is 11.3. The molecule has 0 unspecified atom stereocenters. The first kappa shape index (κ1) is 30.8. The van der Waals surface area contributed by atoms with Gasteiger partial charge in [-0.15, -0.1) is 17.0 Å². The molecule has 1 aromatic heterocycles. The zero-order valence-corrected chi connectivity index (χ0v) is 24.9. The average molecular weight is 591 g/mol. The van der Waals surface area contributed by atoms with Crippen LogP contribution in [0, 0.1) is 5.41 Å². The average Bonchev–Trinajstić information content (AvgIpc) is 3.15. The molecule has 0 saturated heterocycles. The van der Waals surface area contributed by atoms with Crippen molar-refractivity contribution in [1.29, 1.82) is 5.41 Å². The fraction of sp³-hybridized carbons (Fsp3) is 0.444. The number of Topliss-reactive ketones (excluding diaryl/α,β-unsaturated/α-hetero) is 1. The second-order valence-corrected chi connectivity index (χ2v) is 9.89. The van der Waals surface area contributed by atoms with Crippen LogP contribution in [0.15, 0.2) is 18.2 Å². The van der Waals surface area contributed by atoms with Crippen molar-refractivity contribution in [3.05, 3.63) is 46.3 Å². The van der Waals surface area contributed by atoms with Crippen molar-refractivity contribution in [3.63, 3.8) is 0 Å². The van der Waals surface area contributed by atoms with Gasteiger partial charge in [0.05, 0.1) is 25.9 Å². The second-order valence-electron chi connectivity index (χ2n) is 9.89. The molecule has 0 spiro atoms. The molecule has 38 heavy (non-hydrogen) atoms. The van der Waals surface area contributed by atoms with E-state index in [0.717, 1.165) is 5.56 Å². The number of fused-ring (bicyclic) bond motifs is 1. The number of pyridine rings is 1. The Hall–Kier alpha value is -3.47. The molecule has 11 heteroatoms. The van der Waals surface area contributed by atoms with E-state index >= 15 is 0 Å². The van der Waals surface area contributed by atoms with Gasteiger partial charge in [0, 0.05) is 44.3 Å². The number of carbonyl (C=O) groups is 3. The third-order valence-electron chi connectivity index (χ3n) is 6.28. The number of carbonyl (C=O) groups excluding carboxylic acids is 3. The standard InChI is InChI=1S/C27H35N5O5.BrH/c1-9-37-21-12-17-13-32(25(28)22(17)30-23(21)26(35)29-6)14-20(34)16-10-18(27(3,4)5)24(36-8)19(11-16)31(7)15(2)33;/h10-12,28H,9,13-14H2,1-8H3,(H,29,35);1H. The number of hydrogen-bond donors (Lipinski definition) is 2. The highest BCUT2D eigenvalue weighted by atomic mass is 79.9. The van der Waals surface area contributed by atoms with Gasteiger partial charge in [-0.25, -0.2) is 4.98 Å². The second kappa shape index (κ2) is 11.9. The van der Waals surface area contributed by atoms with Crippen molar-refractivity contribution in [1.82, 2.24) is 15.2 Å². The minimum atomic E-state index is -0.413. The lowest BCUT2D eigenvalue weighted by Gasteiger charge is -2.28. The van der Waals surface area contributed by atoms with E-state index in [1.807, 2.05) is 27.7 Å².